The van der Waals surface area contributed by atoms with Gasteiger partial charge in [0.1, 0.15) is 0 Å². The Kier molecular flexibility index (Phi) is 2.55. The van der Waals surface area contributed by atoms with Crippen LogP contribution in [-0.2, 0) is 9.84 Å². The van der Waals surface area contributed by atoms with Gasteiger partial charge in [0.2, 0.25) is 0 Å². The highest BCUT2D eigenvalue weighted by molar-refractivity contribution is 7.93. The summed E-state index contributed by atoms with van der Waals surface area (Å²) in [5.74, 6) is 0. The number of hydrogen-bond donors (Lipinski definition) is 0. The van der Waals surface area contributed by atoms with Crippen LogP contribution in [0, 0.1) is 32.1 Å². The smallest absolute Gasteiger partial charge is 0.197 e. The van der Waals surface area contributed by atoms with E-state index in [0.29, 0.717) is 17.7 Å². The van der Waals surface area contributed by atoms with Crippen LogP contribution in [-0.4, -0.2) is 13.2 Å². The maximum atomic E-state index is 12.4. The Hall–Kier alpha value is -1.34. The number of hydrogen-bond acceptors (Lipinski definition) is 3. The average Bonchev–Trinajstić information content (AvgIpc) is 3.06. The molecule has 0 bridgehead atoms. The van der Waals surface area contributed by atoms with Gasteiger partial charge in [0.25, 0.3) is 0 Å². The second-order valence-electron chi connectivity index (χ2n) is 4.74. The van der Waals surface area contributed by atoms with E-state index in [0.717, 1.165) is 16.7 Å². The first kappa shape index (κ1) is 12.1. The van der Waals surface area contributed by atoms with E-state index in [1.54, 1.807) is 6.07 Å². The third kappa shape index (κ3) is 1.57. The summed E-state index contributed by atoms with van der Waals surface area (Å²) in [6.07, 6.45) is 0.913. The van der Waals surface area contributed by atoms with Gasteiger partial charge in [0, 0.05) is 0 Å². The van der Waals surface area contributed by atoms with Gasteiger partial charge in [0.05, 0.1) is 11.0 Å². The highest BCUT2D eigenvalue weighted by atomic mass is 32.2. The number of benzene rings is 1. The topological polar surface area (TPSA) is 57.9 Å². The zero-order valence-corrected chi connectivity index (χ0v) is 11.1. The monoisotopic (exact) mass is 249 g/mol. The number of nitrogens with zero attached hydrogens (tertiary/aromatic N) is 1. The van der Waals surface area contributed by atoms with Crippen molar-refractivity contribution in [3.05, 3.63) is 28.8 Å². The van der Waals surface area contributed by atoms with Crippen molar-refractivity contribution in [1.82, 2.24) is 0 Å². The Labute approximate surface area is 102 Å². The number of nitriles is 1. The molecule has 3 nitrogen and oxygen atoms in total. The summed E-state index contributed by atoms with van der Waals surface area (Å²) >= 11 is 0. The van der Waals surface area contributed by atoms with Crippen molar-refractivity contribution in [1.29, 1.82) is 5.26 Å². The van der Waals surface area contributed by atoms with Gasteiger partial charge in [-0.25, -0.2) is 8.42 Å². The average molecular weight is 249 g/mol. The van der Waals surface area contributed by atoms with Crippen LogP contribution in [0.25, 0.3) is 0 Å². The summed E-state index contributed by atoms with van der Waals surface area (Å²) in [5.41, 5.74) is 2.83. The SMILES string of the molecule is Cc1ccc(S(=O)(=O)C2(C#N)CC2)c(C)c1C. The molecule has 0 aromatic heterocycles. The van der Waals surface area contributed by atoms with Crippen LogP contribution in [0.15, 0.2) is 17.0 Å². The minimum absolute atomic E-state index is 0.319. The van der Waals surface area contributed by atoms with E-state index in [-0.39, 0.29) is 0 Å². The Morgan fingerprint density at radius 3 is 2.24 bits per heavy atom. The van der Waals surface area contributed by atoms with Gasteiger partial charge in [-0.3, -0.25) is 0 Å². The summed E-state index contributed by atoms with van der Waals surface area (Å²) in [7, 11) is -3.51. The maximum absolute atomic E-state index is 12.4. The van der Waals surface area contributed by atoms with E-state index in [9.17, 15) is 8.42 Å². The lowest BCUT2D eigenvalue weighted by atomic mass is 10.1. The first-order valence-electron chi connectivity index (χ1n) is 5.58. The fourth-order valence-electron chi connectivity index (χ4n) is 1.99. The second kappa shape index (κ2) is 3.58. The van der Waals surface area contributed by atoms with Crippen LogP contribution < -0.4 is 0 Å². The zero-order chi connectivity index (χ0) is 12.8. The van der Waals surface area contributed by atoms with E-state index in [4.69, 9.17) is 5.26 Å². The minimum atomic E-state index is -3.51. The lowest BCUT2D eigenvalue weighted by molar-refractivity contribution is 0.587. The van der Waals surface area contributed by atoms with Gasteiger partial charge >= 0.3 is 0 Å². The third-order valence-electron chi connectivity index (χ3n) is 3.72. The Bertz CT molecular complexity index is 620. The largest absolute Gasteiger partial charge is 0.222 e. The minimum Gasteiger partial charge on any atom is -0.222 e. The van der Waals surface area contributed by atoms with Gasteiger partial charge in [-0.15, -0.1) is 0 Å². The highest BCUT2D eigenvalue weighted by Gasteiger charge is 2.56. The summed E-state index contributed by atoms with van der Waals surface area (Å²) in [6, 6.07) is 5.40. The van der Waals surface area contributed by atoms with Gasteiger partial charge in [-0.2, -0.15) is 5.26 Å². The molecule has 0 heterocycles. The number of sulfone groups is 1. The molecule has 0 atom stereocenters. The molecule has 0 saturated heterocycles. The quantitative estimate of drug-likeness (QED) is 0.809. The molecule has 1 aromatic carbocycles. The molecule has 1 aliphatic carbocycles. The summed E-state index contributed by atoms with van der Waals surface area (Å²) in [5, 5.41) is 9.04. The molecule has 90 valence electrons. The molecular formula is C13H15NO2S. The van der Waals surface area contributed by atoms with Crippen LogP contribution in [0.3, 0.4) is 0 Å². The van der Waals surface area contributed by atoms with E-state index >= 15 is 0 Å². The molecule has 0 unspecified atom stereocenters. The normalized spacial score (nSPS) is 17.5. The molecule has 2 rings (SSSR count). The van der Waals surface area contributed by atoms with Crippen LogP contribution in [0.4, 0.5) is 0 Å². The molecule has 1 fully saturated rings. The van der Waals surface area contributed by atoms with Crippen molar-refractivity contribution in [3.8, 4) is 6.07 Å². The number of aryl methyl sites for hydroxylation is 1. The van der Waals surface area contributed by atoms with Gasteiger partial charge < -0.3 is 0 Å². The van der Waals surface area contributed by atoms with Crippen molar-refractivity contribution in [2.45, 2.75) is 43.3 Å². The van der Waals surface area contributed by atoms with Gasteiger partial charge in [-0.1, -0.05) is 6.07 Å². The van der Waals surface area contributed by atoms with Gasteiger partial charge in [0.15, 0.2) is 14.6 Å². The molecular weight excluding hydrogens is 234 g/mol. The fourth-order valence-corrected chi connectivity index (χ4v) is 3.97. The summed E-state index contributed by atoms with van der Waals surface area (Å²) in [6.45, 7) is 5.67. The van der Waals surface area contributed by atoms with Crippen molar-refractivity contribution in [3.63, 3.8) is 0 Å². The van der Waals surface area contributed by atoms with Gasteiger partial charge in [-0.05, 0) is 56.4 Å². The van der Waals surface area contributed by atoms with Crippen LogP contribution in [0.5, 0.6) is 0 Å². The van der Waals surface area contributed by atoms with E-state index in [1.807, 2.05) is 32.9 Å². The molecule has 0 aliphatic heterocycles. The predicted molar refractivity (Wildman–Crippen MR) is 65.4 cm³/mol. The third-order valence-corrected chi connectivity index (χ3v) is 6.27. The molecule has 0 amide bonds. The molecule has 1 saturated carbocycles. The van der Waals surface area contributed by atoms with Crippen molar-refractivity contribution >= 4 is 9.84 Å². The van der Waals surface area contributed by atoms with Crippen LogP contribution in [0.1, 0.15) is 29.5 Å². The zero-order valence-electron chi connectivity index (χ0n) is 10.2. The second-order valence-corrected chi connectivity index (χ2v) is 6.97. The van der Waals surface area contributed by atoms with Crippen molar-refractivity contribution < 1.29 is 8.42 Å². The molecule has 0 N–H and O–H groups in total. The molecule has 17 heavy (non-hydrogen) atoms. The Morgan fingerprint density at radius 1 is 1.18 bits per heavy atom. The van der Waals surface area contributed by atoms with Crippen LogP contribution in [0.2, 0.25) is 0 Å². The fraction of sp³-hybridized carbons (Fsp3) is 0.462. The Morgan fingerprint density at radius 2 is 1.76 bits per heavy atom. The summed E-state index contributed by atoms with van der Waals surface area (Å²) in [4.78, 5) is 0.319. The van der Waals surface area contributed by atoms with Crippen molar-refractivity contribution in [2.24, 2.45) is 0 Å². The summed E-state index contributed by atoms with van der Waals surface area (Å²) < 4.78 is 23.7. The number of rotatable bonds is 2. The molecule has 1 aromatic rings. The molecule has 0 spiro atoms. The van der Waals surface area contributed by atoms with E-state index < -0.39 is 14.6 Å². The lowest BCUT2D eigenvalue weighted by Crippen LogP contribution is -2.22. The predicted octanol–water partition coefficient (Wildman–Crippen LogP) is 2.44. The molecule has 0 radical (unpaired) electrons. The molecule has 4 heteroatoms. The van der Waals surface area contributed by atoms with E-state index in [1.165, 1.54) is 0 Å². The standard InChI is InChI=1S/C13H15NO2S/c1-9-4-5-12(11(3)10(9)2)17(15,16)13(8-14)6-7-13/h4-5H,6-7H2,1-3H3. The first-order valence-corrected chi connectivity index (χ1v) is 7.07. The van der Waals surface area contributed by atoms with E-state index in [2.05, 4.69) is 0 Å². The Balaban J connectivity index is 2.65. The van der Waals surface area contributed by atoms with Crippen molar-refractivity contribution in [2.75, 3.05) is 0 Å². The first-order chi connectivity index (χ1) is 7.85. The highest BCUT2D eigenvalue weighted by Crippen LogP contribution is 2.47. The lowest BCUT2D eigenvalue weighted by Gasteiger charge is -2.14. The van der Waals surface area contributed by atoms with Crippen LogP contribution >= 0.6 is 0 Å². The molecule has 1 aliphatic rings. The maximum Gasteiger partial charge on any atom is 0.197 e.